The summed E-state index contributed by atoms with van der Waals surface area (Å²) in [5.41, 5.74) is 0. The largest absolute Gasteiger partial charge is 0.412 e. The predicted octanol–water partition coefficient (Wildman–Crippen LogP) is -5.12. The normalized spacial score (nSPS) is 3.89. The van der Waals surface area contributed by atoms with E-state index in [2.05, 4.69) is 0 Å². The molecule has 0 aliphatic heterocycles. The average molecular weight is 184 g/mol. The average Bonchev–Trinajstić information content (AvgIpc) is 0.811. The maximum absolute atomic E-state index is 8.74. The van der Waals surface area contributed by atoms with Gasteiger partial charge in [0.1, 0.15) is 0 Å². The van der Waals surface area contributed by atoms with Crippen LogP contribution in [0.15, 0.2) is 0 Å². The van der Waals surface area contributed by atoms with Gasteiger partial charge in [-0.25, -0.2) is 0 Å². The molecule has 0 saturated carbocycles. The quantitative estimate of drug-likeness (QED) is 0.282. The van der Waals surface area contributed by atoms with Crippen LogP contribution in [-0.4, -0.2) is 49.1 Å². The summed E-state index contributed by atoms with van der Waals surface area (Å²) in [4.78, 5) is 14.3. The third kappa shape index (κ3) is 1330. The molecule has 0 aliphatic carbocycles. The van der Waals surface area contributed by atoms with Crippen LogP contribution < -0.4 is 0 Å². The highest BCUT2D eigenvalue weighted by Gasteiger charge is 1.61. The lowest BCUT2D eigenvalue weighted by molar-refractivity contribution is 0.405. The SMILES string of the molecule is O.O.O.O.O=[PH](O)O.[AlH3]. The maximum Gasteiger partial charge on any atom is 0.314 e. The van der Waals surface area contributed by atoms with E-state index in [-0.39, 0.29) is 39.3 Å². The number of hydrogen-bond donors (Lipinski definition) is 2. The maximum atomic E-state index is 8.74. The second-order valence-electron chi connectivity index (χ2n) is 0.283. The lowest BCUT2D eigenvalue weighted by atomic mass is 15.8. The van der Waals surface area contributed by atoms with Crippen molar-refractivity contribution in [3.8, 4) is 0 Å². The second kappa shape index (κ2) is 38.9. The molecular weight excluding hydrogens is 170 g/mol. The molecule has 0 amide bonds. The monoisotopic (exact) mass is 184 g/mol. The fourth-order valence-electron chi connectivity index (χ4n) is 0. The minimum atomic E-state index is -3.13. The molecule has 9 heteroatoms. The Balaban J connectivity index is -0.00000000450. The van der Waals surface area contributed by atoms with Crippen molar-refractivity contribution in [1.82, 2.24) is 0 Å². The summed E-state index contributed by atoms with van der Waals surface area (Å²) in [5, 5.41) is 0. The first-order valence-corrected chi connectivity index (χ1v) is 1.95. The Morgan fingerprint density at radius 2 is 0.889 bits per heavy atom. The fourth-order valence-corrected chi connectivity index (χ4v) is 0. The highest BCUT2D eigenvalue weighted by Crippen LogP contribution is 1.98. The van der Waals surface area contributed by atoms with Crippen molar-refractivity contribution >= 4 is 25.6 Å². The van der Waals surface area contributed by atoms with Gasteiger partial charge in [0.25, 0.3) is 0 Å². The topological polar surface area (TPSA) is 184 Å². The van der Waals surface area contributed by atoms with Crippen LogP contribution in [0, 0.1) is 0 Å². The van der Waals surface area contributed by atoms with Gasteiger partial charge in [0.05, 0.1) is 0 Å². The summed E-state index contributed by atoms with van der Waals surface area (Å²) in [7, 11) is -3.13. The van der Waals surface area contributed by atoms with Crippen molar-refractivity contribution in [3.05, 3.63) is 0 Å². The van der Waals surface area contributed by atoms with Crippen LogP contribution in [0.4, 0.5) is 0 Å². The zero-order chi connectivity index (χ0) is 3.58. The molecule has 0 atom stereocenters. The van der Waals surface area contributed by atoms with Crippen LogP contribution in [-0.2, 0) is 4.57 Å². The molecule has 64 valence electrons. The molecule has 0 rings (SSSR count). The Morgan fingerprint density at radius 3 is 0.889 bits per heavy atom. The van der Waals surface area contributed by atoms with E-state index in [1.54, 1.807) is 0 Å². The molecule has 10 N–H and O–H groups in total. The molecule has 0 spiro atoms. The van der Waals surface area contributed by atoms with Crippen LogP contribution in [0.3, 0.4) is 0 Å². The first kappa shape index (κ1) is 55.7. The molecule has 0 heterocycles. The summed E-state index contributed by atoms with van der Waals surface area (Å²) >= 11 is 0. The van der Waals surface area contributed by atoms with Gasteiger partial charge >= 0.3 is 8.25 Å². The highest BCUT2D eigenvalue weighted by molar-refractivity contribution is 7.30. The van der Waals surface area contributed by atoms with E-state index in [4.69, 9.17) is 14.4 Å². The Morgan fingerprint density at radius 1 is 0.889 bits per heavy atom. The summed E-state index contributed by atoms with van der Waals surface area (Å²) in [6.07, 6.45) is 0. The van der Waals surface area contributed by atoms with Gasteiger partial charge in [-0.15, -0.1) is 0 Å². The second-order valence-corrected chi connectivity index (χ2v) is 0.848. The molecule has 9 heavy (non-hydrogen) atoms. The Labute approximate surface area is 62.6 Å². The Bertz CT molecular complexity index is 31.9. The molecule has 0 bridgehead atoms. The number of hydrogen-bond acceptors (Lipinski definition) is 1. The van der Waals surface area contributed by atoms with Gasteiger partial charge in [0.2, 0.25) is 0 Å². The van der Waals surface area contributed by atoms with Gasteiger partial charge in [-0.2, -0.15) is 0 Å². The zero-order valence-electron chi connectivity index (χ0n) is 3.80. The Kier molecular flexibility index (Phi) is 241. The van der Waals surface area contributed by atoms with Gasteiger partial charge < -0.3 is 31.7 Å². The van der Waals surface area contributed by atoms with Crippen LogP contribution in [0.5, 0.6) is 0 Å². The molecule has 0 aromatic rings. The van der Waals surface area contributed by atoms with Gasteiger partial charge in [0.15, 0.2) is 17.4 Å². The van der Waals surface area contributed by atoms with E-state index in [0.29, 0.717) is 0 Å². The van der Waals surface area contributed by atoms with E-state index in [1.165, 1.54) is 0 Å². The summed E-state index contributed by atoms with van der Waals surface area (Å²) in [5.74, 6) is 0. The first-order valence-electron chi connectivity index (χ1n) is 0.651. The molecule has 0 saturated heterocycles. The highest BCUT2D eigenvalue weighted by atomic mass is 31.1. The lowest BCUT2D eigenvalue weighted by Gasteiger charge is -1.61. The molecule has 0 radical (unpaired) electrons. The lowest BCUT2D eigenvalue weighted by Crippen LogP contribution is -1.38. The van der Waals surface area contributed by atoms with E-state index >= 15 is 0 Å². The third-order valence-corrected chi connectivity index (χ3v) is 0. The van der Waals surface area contributed by atoms with Gasteiger partial charge in [0, 0.05) is 0 Å². The summed E-state index contributed by atoms with van der Waals surface area (Å²) < 4.78 is 8.74. The van der Waals surface area contributed by atoms with Gasteiger partial charge in [-0.1, -0.05) is 0 Å². The van der Waals surface area contributed by atoms with E-state index < -0.39 is 8.25 Å². The van der Waals surface area contributed by atoms with Crippen LogP contribution >= 0.6 is 8.25 Å². The minimum Gasteiger partial charge on any atom is -0.412 e. The van der Waals surface area contributed by atoms with Crippen molar-refractivity contribution < 1.29 is 36.3 Å². The molecule has 0 aromatic carbocycles. The zero-order valence-corrected chi connectivity index (χ0v) is 4.80. The minimum absolute atomic E-state index is 0. The standard InChI is InChI=1S/Al.H3O3P.4H2O.3H/c;1-4(2)3;;;;;;;/h;4H,(H2,1,2,3);4*1H2;;;. The van der Waals surface area contributed by atoms with Crippen molar-refractivity contribution in [1.29, 1.82) is 0 Å². The van der Waals surface area contributed by atoms with E-state index in [9.17, 15) is 0 Å². The van der Waals surface area contributed by atoms with Crippen LogP contribution in [0.1, 0.15) is 0 Å². The van der Waals surface area contributed by atoms with E-state index in [0.717, 1.165) is 0 Å². The molecule has 0 fully saturated rings. The summed E-state index contributed by atoms with van der Waals surface area (Å²) in [6.45, 7) is 0. The first-order chi connectivity index (χ1) is 1.73. The summed E-state index contributed by atoms with van der Waals surface area (Å²) in [6, 6.07) is 0. The Hall–Kier alpha value is 0.522. The number of rotatable bonds is 0. The third-order valence-electron chi connectivity index (χ3n) is 0. The van der Waals surface area contributed by atoms with Crippen LogP contribution in [0.25, 0.3) is 0 Å². The van der Waals surface area contributed by atoms with Crippen molar-refractivity contribution in [3.63, 3.8) is 0 Å². The molecule has 0 aliphatic rings. The van der Waals surface area contributed by atoms with Crippen molar-refractivity contribution in [2.75, 3.05) is 0 Å². The van der Waals surface area contributed by atoms with Gasteiger partial charge in [-0.05, 0) is 0 Å². The fraction of sp³-hybridized carbons (Fsp3) is 0. The van der Waals surface area contributed by atoms with Crippen LogP contribution in [0.2, 0.25) is 0 Å². The predicted molar refractivity (Wildman–Crippen MR) is 37.8 cm³/mol. The molecule has 0 aromatic heterocycles. The van der Waals surface area contributed by atoms with E-state index in [1.807, 2.05) is 0 Å². The molecular formula is H14AlO7P. The smallest absolute Gasteiger partial charge is 0.314 e. The molecule has 7 nitrogen and oxygen atoms in total. The molecule has 0 unspecified atom stereocenters. The van der Waals surface area contributed by atoms with Gasteiger partial charge in [-0.3, -0.25) is 4.57 Å². The van der Waals surface area contributed by atoms with Crippen molar-refractivity contribution in [2.45, 2.75) is 0 Å². The van der Waals surface area contributed by atoms with Crippen molar-refractivity contribution in [2.24, 2.45) is 0 Å².